The first-order chi connectivity index (χ1) is 7.81. The molecule has 0 spiro atoms. The van der Waals surface area contributed by atoms with Crippen molar-refractivity contribution in [2.24, 2.45) is 0 Å². The van der Waals surface area contributed by atoms with Gasteiger partial charge in [0.1, 0.15) is 5.88 Å². The second-order valence-corrected chi connectivity index (χ2v) is 3.12. The summed E-state index contributed by atoms with van der Waals surface area (Å²) >= 11 is 5.53. The molecular formula is C9H9ClN4O2. The van der Waals surface area contributed by atoms with Crippen LogP contribution in [0.1, 0.15) is 5.89 Å². The van der Waals surface area contributed by atoms with Crippen molar-refractivity contribution in [3.63, 3.8) is 0 Å². The van der Waals surface area contributed by atoms with E-state index in [2.05, 4.69) is 20.5 Å². The average Bonchev–Trinajstić information content (AvgIpc) is 2.78. The molecule has 2 rings (SSSR count). The Morgan fingerprint density at radius 3 is 2.88 bits per heavy atom. The van der Waals surface area contributed by atoms with Crippen LogP contribution in [0.15, 0.2) is 22.7 Å². The van der Waals surface area contributed by atoms with Crippen LogP contribution < -0.4 is 10.1 Å². The minimum absolute atomic E-state index is 0.190. The molecule has 0 saturated carbocycles. The van der Waals surface area contributed by atoms with Gasteiger partial charge in [0.15, 0.2) is 0 Å². The number of hydrogen-bond acceptors (Lipinski definition) is 6. The molecule has 0 aliphatic heterocycles. The van der Waals surface area contributed by atoms with E-state index in [4.69, 9.17) is 20.8 Å². The van der Waals surface area contributed by atoms with E-state index < -0.39 is 0 Å². The molecule has 84 valence electrons. The van der Waals surface area contributed by atoms with Crippen molar-refractivity contribution in [1.29, 1.82) is 0 Å². The third kappa shape index (κ3) is 2.40. The monoisotopic (exact) mass is 240 g/mol. The van der Waals surface area contributed by atoms with Gasteiger partial charge in [0, 0.05) is 6.07 Å². The Bertz CT molecular complexity index is 457. The Balaban J connectivity index is 2.08. The zero-order valence-electron chi connectivity index (χ0n) is 8.48. The zero-order chi connectivity index (χ0) is 11.4. The molecule has 7 heteroatoms. The fourth-order valence-corrected chi connectivity index (χ4v) is 1.16. The van der Waals surface area contributed by atoms with Gasteiger partial charge in [-0.2, -0.15) is 0 Å². The van der Waals surface area contributed by atoms with E-state index in [1.54, 1.807) is 25.4 Å². The normalized spacial score (nSPS) is 10.1. The number of rotatable bonds is 4. The molecule has 2 aromatic rings. The molecule has 0 bridgehead atoms. The summed E-state index contributed by atoms with van der Waals surface area (Å²) in [6.45, 7) is 0. The smallest absolute Gasteiger partial charge is 0.320 e. The van der Waals surface area contributed by atoms with Gasteiger partial charge in [0.25, 0.3) is 0 Å². The fraction of sp³-hybridized carbons (Fsp3) is 0.222. The third-order valence-electron chi connectivity index (χ3n) is 1.78. The number of alkyl halides is 1. The quantitative estimate of drug-likeness (QED) is 0.824. The molecule has 0 fully saturated rings. The molecule has 0 unspecified atom stereocenters. The highest BCUT2D eigenvalue weighted by atomic mass is 35.5. The van der Waals surface area contributed by atoms with Crippen LogP contribution in [0.5, 0.6) is 5.88 Å². The van der Waals surface area contributed by atoms with E-state index in [1.165, 1.54) is 0 Å². The number of pyridine rings is 1. The second kappa shape index (κ2) is 4.80. The molecule has 0 aliphatic carbocycles. The highest BCUT2D eigenvalue weighted by Crippen LogP contribution is 2.16. The maximum Gasteiger partial charge on any atom is 0.320 e. The van der Waals surface area contributed by atoms with Crippen LogP contribution in [-0.4, -0.2) is 22.3 Å². The van der Waals surface area contributed by atoms with Gasteiger partial charge in [-0.1, -0.05) is 5.10 Å². The van der Waals surface area contributed by atoms with Crippen LogP contribution in [0.25, 0.3) is 0 Å². The molecule has 0 aliphatic rings. The van der Waals surface area contributed by atoms with E-state index in [0.29, 0.717) is 11.8 Å². The van der Waals surface area contributed by atoms with Gasteiger partial charge in [-0.3, -0.25) is 0 Å². The first-order valence-electron chi connectivity index (χ1n) is 4.47. The van der Waals surface area contributed by atoms with Gasteiger partial charge in [-0.25, -0.2) is 4.98 Å². The van der Waals surface area contributed by atoms with Crippen LogP contribution in [-0.2, 0) is 5.88 Å². The summed E-state index contributed by atoms with van der Waals surface area (Å²) in [5.74, 6) is 1.10. The lowest BCUT2D eigenvalue weighted by atomic mass is 10.4. The number of methoxy groups -OCH3 is 1. The Kier molecular flexibility index (Phi) is 3.21. The van der Waals surface area contributed by atoms with Gasteiger partial charge < -0.3 is 14.5 Å². The molecule has 16 heavy (non-hydrogen) atoms. The van der Waals surface area contributed by atoms with Crippen molar-refractivity contribution >= 4 is 23.3 Å². The molecule has 6 nitrogen and oxygen atoms in total. The SMILES string of the molecule is COc1ccc(Nc2nnc(CCl)o2)cn1. The van der Waals surface area contributed by atoms with Crippen molar-refractivity contribution in [2.75, 3.05) is 12.4 Å². The second-order valence-electron chi connectivity index (χ2n) is 2.85. The van der Waals surface area contributed by atoms with E-state index in [-0.39, 0.29) is 11.9 Å². The zero-order valence-corrected chi connectivity index (χ0v) is 9.23. The highest BCUT2D eigenvalue weighted by molar-refractivity contribution is 6.16. The summed E-state index contributed by atoms with van der Waals surface area (Å²) in [6, 6.07) is 3.79. The Morgan fingerprint density at radius 1 is 1.44 bits per heavy atom. The molecule has 0 amide bonds. The van der Waals surface area contributed by atoms with Crippen LogP contribution in [0.3, 0.4) is 0 Å². The lowest BCUT2D eigenvalue weighted by Crippen LogP contribution is -1.92. The van der Waals surface area contributed by atoms with Gasteiger partial charge in [0.2, 0.25) is 11.8 Å². The minimum atomic E-state index is 0.190. The molecular weight excluding hydrogens is 232 g/mol. The van der Waals surface area contributed by atoms with Crippen molar-refractivity contribution in [3.05, 3.63) is 24.2 Å². The van der Waals surface area contributed by atoms with Gasteiger partial charge in [0.05, 0.1) is 19.0 Å². The molecule has 1 N–H and O–H groups in total. The Morgan fingerprint density at radius 2 is 2.31 bits per heavy atom. The largest absolute Gasteiger partial charge is 0.481 e. The first-order valence-corrected chi connectivity index (χ1v) is 5.00. The maximum absolute atomic E-state index is 5.53. The Labute approximate surface area is 96.6 Å². The van der Waals surface area contributed by atoms with Gasteiger partial charge in [-0.15, -0.1) is 16.7 Å². The maximum atomic E-state index is 5.53. The topological polar surface area (TPSA) is 73.1 Å². The fourth-order valence-electron chi connectivity index (χ4n) is 1.06. The van der Waals surface area contributed by atoms with Crippen LogP contribution >= 0.6 is 11.6 Å². The number of anilines is 2. The lowest BCUT2D eigenvalue weighted by molar-refractivity contribution is 0.398. The summed E-state index contributed by atoms with van der Waals surface area (Å²) in [5.41, 5.74) is 0.727. The van der Waals surface area contributed by atoms with Crippen LogP contribution in [0.4, 0.5) is 11.7 Å². The standard InChI is InChI=1S/C9H9ClN4O2/c1-15-7-3-2-6(5-11-7)12-9-14-13-8(4-10)16-9/h2-3,5H,4H2,1H3,(H,12,14). The van der Waals surface area contributed by atoms with Crippen molar-refractivity contribution in [3.8, 4) is 5.88 Å². The lowest BCUT2D eigenvalue weighted by Gasteiger charge is -2.01. The summed E-state index contributed by atoms with van der Waals surface area (Å²) in [4.78, 5) is 4.02. The van der Waals surface area contributed by atoms with Crippen molar-refractivity contribution < 1.29 is 9.15 Å². The molecule has 0 radical (unpaired) electrons. The average molecular weight is 241 g/mol. The third-order valence-corrected chi connectivity index (χ3v) is 2.01. The summed E-state index contributed by atoms with van der Waals surface area (Å²) < 4.78 is 10.1. The highest BCUT2D eigenvalue weighted by Gasteiger charge is 2.04. The van der Waals surface area contributed by atoms with E-state index >= 15 is 0 Å². The summed E-state index contributed by atoms with van der Waals surface area (Å²) in [7, 11) is 1.56. The van der Waals surface area contributed by atoms with E-state index in [9.17, 15) is 0 Å². The van der Waals surface area contributed by atoms with Crippen molar-refractivity contribution in [2.45, 2.75) is 5.88 Å². The minimum Gasteiger partial charge on any atom is -0.481 e. The van der Waals surface area contributed by atoms with Gasteiger partial charge >= 0.3 is 6.01 Å². The molecule has 0 aromatic carbocycles. The molecule has 0 saturated heterocycles. The predicted molar refractivity (Wildman–Crippen MR) is 57.9 cm³/mol. The number of nitrogens with one attached hydrogen (secondary N) is 1. The number of ether oxygens (including phenoxy) is 1. The number of halogens is 1. The van der Waals surface area contributed by atoms with E-state index in [1.807, 2.05) is 0 Å². The molecule has 0 atom stereocenters. The molecule has 2 aromatic heterocycles. The Hall–Kier alpha value is -1.82. The van der Waals surface area contributed by atoms with Gasteiger partial charge in [-0.05, 0) is 6.07 Å². The van der Waals surface area contributed by atoms with Crippen LogP contribution in [0, 0.1) is 0 Å². The van der Waals surface area contributed by atoms with Crippen LogP contribution in [0.2, 0.25) is 0 Å². The summed E-state index contributed by atoms with van der Waals surface area (Å²) in [6.07, 6.45) is 1.60. The number of hydrogen-bond donors (Lipinski definition) is 1. The predicted octanol–water partition coefficient (Wildman–Crippen LogP) is 1.96. The van der Waals surface area contributed by atoms with Crippen molar-refractivity contribution in [1.82, 2.24) is 15.2 Å². The number of nitrogens with zero attached hydrogens (tertiary/aromatic N) is 3. The first kappa shape index (κ1) is 10.7. The summed E-state index contributed by atoms with van der Waals surface area (Å²) in [5, 5.41) is 10.4. The molecule has 2 heterocycles. The van der Waals surface area contributed by atoms with E-state index in [0.717, 1.165) is 5.69 Å². The number of aromatic nitrogens is 3.